The van der Waals surface area contributed by atoms with Crippen LogP contribution in [-0.2, 0) is 6.54 Å². The van der Waals surface area contributed by atoms with Crippen LogP contribution in [-0.4, -0.2) is 26.3 Å². The monoisotopic (exact) mass is 330 g/mol. The number of nitrogens with zero attached hydrogens (tertiary/aromatic N) is 3. The molecule has 1 N–H and O–H groups in total. The Labute approximate surface area is 139 Å². The quantitative estimate of drug-likeness (QED) is 0.894. The van der Waals surface area contributed by atoms with Gasteiger partial charge >= 0.3 is 5.69 Å². The molecule has 0 saturated carbocycles. The Hall–Kier alpha value is -2.70. The van der Waals surface area contributed by atoms with E-state index < -0.39 is 17.2 Å². The summed E-state index contributed by atoms with van der Waals surface area (Å²) in [5, 5.41) is 6.69. The van der Waals surface area contributed by atoms with E-state index in [1.54, 1.807) is 32.0 Å². The zero-order chi connectivity index (χ0) is 17.9. The van der Waals surface area contributed by atoms with Crippen molar-refractivity contribution in [3.05, 3.63) is 56.4 Å². The number of hydrogen-bond acceptors (Lipinski definition) is 4. The maximum atomic E-state index is 12.6. The molecule has 1 aromatic heterocycles. The molecular weight excluding hydrogens is 308 g/mol. The number of aromatic nitrogens is 3. The molecule has 24 heavy (non-hydrogen) atoms. The minimum absolute atomic E-state index is 0.141. The molecule has 0 radical (unpaired) electrons. The van der Waals surface area contributed by atoms with Crippen LogP contribution in [0.2, 0.25) is 0 Å². The highest BCUT2D eigenvalue weighted by atomic mass is 16.2. The van der Waals surface area contributed by atoms with Crippen LogP contribution in [0.25, 0.3) is 5.69 Å². The van der Waals surface area contributed by atoms with Crippen molar-refractivity contribution in [2.45, 2.75) is 46.7 Å². The van der Waals surface area contributed by atoms with E-state index in [1.807, 2.05) is 19.9 Å². The van der Waals surface area contributed by atoms with E-state index in [1.165, 1.54) is 0 Å². The summed E-state index contributed by atoms with van der Waals surface area (Å²) in [5.74, 6) is -0.582. The first-order chi connectivity index (χ1) is 11.3. The van der Waals surface area contributed by atoms with Gasteiger partial charge in [-0.1, -0.05) is 19.1 Å². The lowest BCUT2D eigenvalue weighted by molar-refractivity contribution is 0.0933. The zero-order valence-corrected chi connectivity index (χ0v) is 14.4. The molecular formula is C17H22N4O3. The summed E-state index contributed by atoms with van der Waals surface area (Å²) in [6.07, 6.45) is 0.595. The fourth-order valence-electron chi connectivity index (χ4n) is 2.34. The standard InChI is InChI=1S/C17H22N4O3/c1-5-9-20-16(23)14(15(22)18-11(2)3)19-21(17(20)24)13-8-6-7-12(4)10-13/h6-8,10-11H,5,9H2,1-4H3,(H,18,22). The first-order valence-electron chi connectivity index (χ1n) is 7.97. The number of hydrogen-bond donors (Lipinski definition) is 1. The summed E-state index contributed by atoms with van der Waals surface area (Å²) >= 11 is 0. The summed E-state index contributed by atoms with van der Waals surface area (Å²) in [5.41, 5.74) is -0.0261. The molecule has 0 atom stereocenters. The minimum Gasteiger partial charge on any atom is -0.348 e. The van der Waals surface area contributed by atoms with Gasteiger partial charge in [-0.2, -0.15) is 9.78 Å². The molecule has 2 aromatic rings. The molecule has 0 unspecified atom stereocenters. The largest absolute Gasteiger partial charge is 0.352 e. The molecule has 1 heterocycles. The Bertz CT molecular complexity index is 865. The third-order valence-electron chi connectivity index (χ3n) is 3.39. The molecule has 7 nitrogen and oxygen atoms in total. The smallest absolute Gasteiger partial charge is 0.348 e. The molecule has 0 aliphatic carbocycles. The minimum atomic E-state index is -0.663. The maximum absolute atomic E-state index is 12.6. The van der Waals surface area contributed by atoms with Gasteiger partial charge in [0.15, 0.2) is 0 Å². The van der Waals surface area contributed by atoms with E-state index in [2.05, 4.69) is 10.4 Å². The molecule has 128 valence electrons. The van der Waals surface area contributed by atoms with Gasteiger partial charge < -0.3 is 5.32 Å². The van der Waals surface area contributed by atoms with Crippen LogP contribution < -0.4 is 16.6 Å². The Kier molecular flexibility index (Phi) is 5.33. The summed E-state index contributed by atoms with van der Waals surface area (Å²) in [6.45, 7) is 7.56. The van der Waals surface area contributed by atoms with Gasteiger partial charge in [-0.15, -0.1) is 0 Å². The first-order valence-corrected chi connectivity index (χ1v) is 7.97. The van der Waals surface area contributed by atoms with E-state index in [0.29, 0.717) is 12.1 Å². The van der Waals surface area contributed by atoms with Gasteiger partial charge in [0.05, 0.1) is 5.69 Å². The van der Waals surface area contributed by atoms with Crippen molar-refractivity contribution in [2.75, 3.05) is 0 Å². The van der Waals surface area contributed by atoms with Gasteiger partial charge in [0.25, 0.3) is 11.5 Å². The van der Waals surface area contributed by atoms with Crippen molar-refractivity contribution < 1.29 is 4.79 Å². The predicted octanol–water partition coefficient (Wildman–Crippen LogP) is 1.25. The fraction of sp³-hybridized carbons (Fsp3) is 0.412. The fourth-order valence-corrected chi connectivity index (χ4v) is 2.34. The van der Waals surface area contributed by atoms with Gasteiger partial charge in [-0.25, -0.2) is 4.79 Å². The lowest BCUT2D eigenvalue weighted by Crippen LogP contribution is -2.46. The zero-order valence-electron chi connectivity index (χ0n) is 14.4. The van der Waals surface area contributed by atoms with Gasteiger partial charge in [0.2, 0.25) is 5.69 Å². The molecule has 7 heteroatoms. The second-order valence-corrected chi connectivity index (χ2v) is 5.97. The second-order valence-electron chi connectivity index (χ2n) is 5.97. The second kappa shape index (κ2) is 7.25. The Balaban J connectivity index is 2.71. The van der Waals surface area contributed by atoms with E-state index in [4.69, 9.17) is 0 Å². The highest BCUT2D eigenvalue weighted by molar-refractivity contribution is 5.91. The number of rotatable bonds is 5. The Morgan fingerprint density at radius 2 is 2.00 bits per heavy atom. The average molecular weight is 330 g/mol. The SMILES string of the molecule is CCCn1c(=O)c(C(=O)NC(C)C)nn(-c2cccc(C)c2)c1=O. The highest BCUT2D eigenvalue weighted by Crippen LogP contribution is 2.06. The van der Waals surface area contributed by atoms with E-state index in [-0.39, 0.29) is 18.3 Å². The van der Waals surface area contributed by atoms with Gasteiger partial charge in [-0.3, -0.25) is 14.2 Å². The number of carbonyl (C=O) groups is 1. The summed E-state index contributed by atoms with van der Waals surface area (Å²) < 4.78 is 2.17. The van der Waals surface area contributed by atoms with E-state index in [9.17, 15) is 14.4 Å². The van der Waals surface area contributed by atoms with Crippen molar-refractivity contribution in [3.8, 4) is 5.69 Å². The van der Waals surface area contributed by atoms with Crippen molar-refractivity contribution >= 4 is 5.91 Å². The molecule has 0 spiro atoms. The van der Waals surface area contributed by atoms with Crippen LogP contribution in [0.3, 0.4) is 0 Å². The van der Waals surface area contributed by atoms with Crippen LogP contribution in [0, 0.1) is 6.92 Å². The summed E-state index contributed by atoms with van der Waals surface area (Å²) in [6, 6.07) is 7.04. The van der Waals surface area contributed by atoms with Crippen molar-refractivity contribution in [3.63, 3.8) is 0 Å². The van der Waals surface area contributed by atoms with E-state index >= 15 is 0 Å². The van der Waals surface area contributed by atoms with Gasteiger partial charge in [-0.05, 0) is 44.9 Å². The molecule has 2 rings (SSSR count). The third kappa shape index (κ3) is 3.61. The number of aryl methyl sites for hydroxylation is 1. The average Bonchev–Trinajstić information content (AvgIpc) is 2.50. The van der Waals surface area contributed by atoms with Crippen LogP contribution in [0.15, 0.2) is 33.9 Å². The maximum Gasteiger partial charge on any atom is 0.352 e. The molecule has 0 saturated heterocycles. The molecule has 0 bridgehead atoms. The Morgan fingerprint density at radius 1 is 1.29 bits per heavy atom. The summed E-state index contributed by atoms with van der Waals surface area (Å²) in [4.78, 5) is 37.4. The van der Waals surface area contributed by atoms with Crippen LogP contribution >= 0.6 is 0 Å². The number of nitrogens with one attached hydrogen (secondary N) is 1. The normalized spacial score (nSPS) is 10.9. The van der Waals surface area contributed by atoms with Crippen molar-refractivity contribution in [1.29, 1.82) is 0 Å². The van der Waals surface area contributed by atoms with Crippen molar-refractivity contribution in [2.24, 2.45) is 0 Å². The first kappa shape index (κ1) is 17.7. The number of carbonyl (C=O) groups excluding carboxylic acids is 1. The molecule has 1 aromatic carbocycles. The molecule has 0 aliphatic rings. The topological polar surface area (TPSA) is 86.0 Å². The third-order valence-corrected chi connectivity index (χ3v) is 3.39. The van der Waals surface area contributed by atoms with Crippen molar-refractivity contribution in [1.82, 2.24) is 19.7 Å². The lowest BCUT2D eigenvalue weighted by atomic mass is 10.2. The molecule has 0 fully saturated rings. The lowest BCUT2D eigenvalue weighted by Gasteiger charge is -2.13. The van der Waals surface area contributed by atoms with Crippen LogP contribution in [0.4, 0.5) is 0 Å². The van der Waals surface area contributed by atoms with Gasteiger partial charge in [0, 0.05) is 12.6 Å². The number of benzene rings is 1. The van der Waals surface area contributed by atoms with Gasteiger partial charge in [0.1, 0.15) is 0 Å². The highest BCUT2D eigenvalue weighted by Gasteiger charge is 2.20. The molecule has 0 aliphatic heterocycles. The van der Waals surface area contributed by atoms with Crippen LogP contribution in [0.1, 0.15) is 43.2 Å². The number of amides is 1. The molecule has 1 amide bonds. The summed E-state index contributed by atoms with van der Waals surface area (Å²) in [7, 11) is 0. The van der Waals surface area contributed by atoms with Crippen LogP contribution in [0.5, 0.6) is 0 Å². The Morgan fingerprint density at radius 3 is 2.58 bits per heavy atom. The predicted molar refractivity (Wildman–Crippen MR) is 91.7 cm³/mol. The van der Waals surface area contributed by atoms with E-state index in [0.717, 1.165) is 14.8 Å².